The standard InChI is InChI=1S/C59H46N2/c1-58(2)50-15-7-11-19-56(50)61(57-20-12-8-16-51(57)58)44-27-31-47-41(36-44)26-25-40-33-38(23-29-46(40)47)21-22-39-24-30-48-49-32-28-45(37-53(49)59(3,4)52(48)34-39)60-54-17-9-5-13-42(54)35-43-14-6-10-18-55(43)60/h5-34,36-37H,35H2,1-4H3/b22-21+. The lowest BCUT2D eigenvalue weighted by atomic mass is 9.73. The molecule has 2 nitrogen and oxygen atoms in total. The van der Waals surface area contributed by atoms with Gasteiger partial charge in [-0.15, -0.1) is 0 Å². The van der Waals surface area contributed by atoms with Gasteiger partial charge in [-0.3, -0.25) is 0 Å². The van der Waals surface area contributed by atoms with Gasteiger partial charge < -0.3 is 9.80 Å². The molecule has 12 rings (SSSR count). The van der Waals surface area contributed by atoms with Crippen LogP contribution >= 0.6 is 0 Å². The van der Waals surface area contributed by atoms with Crippen LogP contribution in [0.2, 0.25) is 0 Å². The average molecular weight is 783 g/mol. The van der Waals surface area contributed by atoms with Crippen LogP contribution in [0, 0.1) is 0 Å². The van der Waals surface area contributed by atoms with Gasteiger partial charge in [-0.05, 0) is 132 Å². The number of para-hydroxylation sites is 4. The van der Waals surface area contributed by atoms with Gasteiger partial charge in [-0.2, -0.15) is 0 Å². The van der Waals surface area contributed by atoms with Gasteiger partial charge in [0.2, 0.25) is 0 Å². The summed E-state index contributed by atoms with van der Waals surface area (Å²) in [6, 6.07) is 68.0. The van der Waals surface area contributed by atoms with Crippen molar-refractivity contribution in [3.8, 4) is 11.1 Å². The van der Waals surface area contributed by atoms with E-state index in [1.807, 2.05) is 0 Å². The molecule has 0 unspecified atom stereocenters. The second kappa shape index (κ2) is 13.2. The van der Waals surface area contributed by atoms with E-state index in [1.54, 1.807) is 0 Å². The van der Waals surface area contributed by atoms with Crippen molar-refractivity contribution in [3.05, 3.63) is 226 Å². The molecule has 0 saturated heterocycles. The zero-order valence-electron chi connectivity index (χ0n) is 35.1. The Morgan fingerprint density at radius 3 is 1.48 bits per heavy atom. The quantitative estimate of drug-likeness (QED) is 0.130. The maximum absolute atomic E-state index is 2.46. The van der Waals surface area contributed by atoms with E-state index in [0.29, 0.717) is 0 Å². The predicted molar refractivity (Wildman–Crippen MR) is 259 cm³/mol. The molecule has 0 atom stereocenters. The monoisotopic (exact) mass is 782 g/mol. The molecule has 9 aromatic rings. The first-order chi connectivity index (χ1) is 29.7. The topological polar surface area (TPSA) is 6.48 Å². The fourth-order valence-corrected chi connectivity index (χ4v) is 10.8. The molecule has 0 radical (unpaired) electrons. The minimum absolute atomic E-state index is 0.0775. The van der Waals surface area contributed by atoms with Crippen molar-refractivity contribution in [2.45, 2.75) is 44.9 Å². The van der Waals surface area contributed by atoms with Crippen molar-refractivity contribution >= 4 is 67.8 Å². The maximum Gasteiger partial charge on any atom is 0.0502 e. The van der Waals surface area contributed by atoms with E-state index in [1.165, 1.54) is 111 Å². The smallest absolute Gasteiger partial charge is 0.0502 e. The van der Waals surface area contributed by atoms with Gasteiger partial charge in [0.05, 0.1) is 11.4 Å². The minimum atomic E-state index is -0.138. The van der Waals surface area contributed by atoms with Crippen molar-refractivity contribution in [2.24, 2.45) is 0 Å². The zero-order chi connectivity index (χ0) is 41.0. The van der Waals surface area contributed by atoms with E-state index in [4.69, 9.17) is 0 Å². The molecule has 0 fully saturated rings. The number of hydrogen-bond donors (Lipinski definition) is 0. The van der Waals surface area contributed by atoms with Crippen molar-refractivity contribution in [1.29, 1.82) is 0 Å². The molecule has 9 aromatic carbocycles. The average Bonchev–Trinajstić information content (AvgIpc) is 3.51. The Morgan fingerprint density at radius 2 is 0.820 bits per heavy atom. The molecule has 1 aliphatic carbocycles. The normalized spacial score (nSPS) is 15.3. The molecule has 292 valence electrons. The van der Waals surface area contributed by atoms with Gasteiger partial charge in [-0.1, -0.05) is 167 Å². The van der Waals surface area contributed by atoms with Gasteiger partial charge in [-0.25, -0.2) is 0 Å². The Bertz CT molecular complexity index is 3210. The van der Waals surface area contributed by atoms with E-state index in [-0.39, 0.29) is 10.8 Å². The summed E-state index contributed by atoms with van der Waals surface area (Å²) in [6.45, 7) is 9.45. The van der Waals surface area contributed by atoms with Gasteiger partial charge in [0.25, 0.3) is 0 Å². The molecule has 0 aromatic heterocycles. The van der Waals surface area contributed by atoms with Crippen LogP contribution in [-0.4, -0.2) is 0 Å². The lowest BCUT2D eigenvalue weighted by Crippen LogP contribution is -2.30. The summed E-state index contributed by atoms with van der Waals surface area (Å²) >= 11 is 0. The summed E-state index contributed by atoms with van der Waals surface area (Å²) in [6.07, 6.45) is 5.50. The fraction of sp³-hybridized carbons (Fsp3) is 0.119. The highest BCUT2D eigenvalue weighted by Crippen LogP contribution is 2.54. The Balaban J connectivity index is 0.842. The summed E-state index contributed by atoms with van der Waals surface area (Å²) in [5.74, 6) is 0. The Labute approximate surface area is 358 Å². The molecular weight excluding hydrogens is 737 g/mol. The SMILES string of the molecule is CC1(C)c2cc(/C=C/c3ccc4c(ccc5cc(N6c7ccccc7C(C)(C)c7ccccc76)ccc54)c3)ccc2-c2ccc(N3c4ccccc4Cc4ccccc43)cc21. The largest absolute Gasteiger partial charge is 0.310 e. The van der Waals surface area contributed by atoms with Crippen molar-refractivity contribution in [3.63, 3.8) is 0 Å². The first-order valence-corrected chi connectivity index (χ1v) is 21.6. The lowest BCUT2D eigenvalue weighted by molar-refractivity contribution is 0.632. The summed E-state index contributed by atoms with van der Waals surface area (Å²) in [7, 11) is 0. The molecular formula is C59H46N2. The van der Waals surface area contributed by atoms with Crippen LogP contribution < -0.4 is 9.80 Å². The third-order valence-corrected chi connectivity index (χ3v) is 14.0. The van der Waals surface area contributed by atoms with Crippen molar-refractivity contribution < 1.29 is 0 Å². The van der Waals surface area contributed by atoms with Gasteiger partial charge in [0, 0.05) is 40.0 Å². The second-order valence-electron chi connectivity index (χ2n) is 18.2. The summed E-state index contributed by atoms with van der Waals surface area (Å²) in [5, 5.41) is 5.04. The molecule has 2 aliphatic heterocycles. The van der Waals surface area contributed by atoms with E-state index in [0.717, 1.165) is 6.42 Å². The molecule has 3 aliphatic rings. The highest BCUT2D eigenvalue weighted by molar-refractivity contribution is 6.09. The lowest BCUT2D eigenvalue weighted by Gasteiger charge is -2.42. The summed E-state index contributed by atoms with van der Waals surface area (Å²) in [4.78, 5) is 4.90. The third kappa shape index (κ3) is 5.41. The maximum atomic E-state index is 2.46. The zero-order valence-corrected chi connectivity index (χ0v) is 35.1. The Hall–Kier alpha value is -7.16. The van der Waals surface area contributed by atoms with Gasteiger partial charge >= 0.3 is 0 Å². The minimum Gasteiger partial charge on any atom is -0.310 e. The molecule has 0 saturated carbocycles. The molecule has 0 amide bonds. The van der Waals surface area contributed by atoms with Crippen LogP contribution in [0.3, 0.4) is 0 Å². The van der Waals surface area contributed by atoms with Gasteiger partial charge in [0.1, 0.15) is 0 Å². The first-order valence-electron chi connectivity index (χ1n) is 21.6. The number of rotatable bonds is 4. The molecule has 2 heteroatoms. The summed E-state index contributed by atoms with van der Waals surface area (Å²) < 4.78 is 0. The first kappa shape index (κ1) is 35.8. The van der Waals surface area contributed by atoms with E-state index >= 15 is 0 Å². The summed E-state index contributed by atoms with van der Waals surface area (Å²) in [5.41, 5.74) is 20.5. The molecule has 0 bridgehead atoms. The van der Waals surface area contributed by atoms with Crippen LogP contribution in [0.4, 0.5) is 34.1 Å². The number of anilines is 6. The number of fused-ring (bicyclic) bond motifs is 10. The molecule has 61 heavy (non-hydrogen) atoms. The van der Waals surface area contributed by atoms with Crippen LogP contribution in [0.5, 0.6) is 0 Å². The third-order valence-electron chi connectivity index (χ3n) is 14.0. The van der Waals surface area contributed by atoms with Crippen LogP contribution in [-0.2, 0) is 17.3 Å². The molecule has 0 spiro atoms. The highest BCUT2D eigenvalue weighted by Gasteiger charge is 2.38. The van der Waals surface area contributed by atoms with Crippen LogP contribution in [0.15, 0.2) is 182 Å². The highest BCUT2D eigenvalue weighted by atomic mass is 15.2. The molecule has 2 heterocycles. The van der Waals surface area contributed by atoms with E-state index < -0.39 is 0 Å². The van der Waals surface area contributed by atoms with Crippen molar-refractivity contribution in [2.75, 3.05) is 9.80 Å². The number of benzene rings is 9. The Morgan fingerprint density at radius 1 is 0.377 bits per heavy atom. The fourth-order valence-electron chi connectivity index (χ4n) is 10.8. The van der Waals surface area contributed by atoms with Crippen LogP contribution in [0.25, 0.3) is 44.8 Å². The predicted octanol–water partition coefficient (Wildman–Crippen LogP) is 16.0. The number of hydrogen-bond acceptors (Lipinski definition) is 2. The van der Waals surface area contributed by atoms with E-state index in [9.17, 15) is 0 Å². The number of nitrogens with zero attached hydrogens (tertiary/aromatic N) is 2. The van der Waals surface area contributed by atoms with Crippen LogP contribution in [0.1, 0.15) is 72.2 Å². The Kier molecular flexibility index (Phi) is 7.72. The van der Waals surface area contributed by atoms with E-state index in [2.05, 4.69) is 232 Å². The second-order valence-corrected chi connectivity index (χ2v) is 18.2. The van der Waals surface area contributed by atoms with Crippen molar-refractivity contribution in [1.82, 2.24) is 0 Å². The molecule has 0 N–H and O–H groups in total. The van der Waals surface area contributed by atoms with Gasteiger partial charge in [0.15, 0.2) is 0 Å².